The summed E-state index contributed by atoms with van der Waals surface area (Å²) >= 11 is 0. The highest BCUT2D eigenvalue weighted by atomic mass is 16.5. The van der Waals surface area contributed by atoms with Crippen LogP contribution in [0.1, 0.15) is 32.6 Å². The first-order chi connectivity index (χ1) is 7.99. The van der Waals surface area contributed by atoms with Crippen molar-refractivity contribution in [2.24, 2.45) is 0 Å². The first-order valence-electron chi connectivity index (χ1n) is 5.80. The molecule has 0 aromatic carbocycles. The second kappa shape index (κ2) is 6.39. The van der Waals surface area contributed by atoms with Crippen LogP contribution in [0.25, 0.3) is 0 Å². The molecule has 1 rings (SSSR count). The van der Waals surface area contributed by atoms with Gasteiger partial charge in [-0.1, -0.05) is 6.58 Å². The molecular weight excluding hydrogens is 222 g/mol. The highest BCUT2D eigenvalue weighted by Gasteiger charge is 2.22. The lowest BCUT2D eigenvalue weighted by atomic mass is 9.95. The van der Waals surface area contributed by atoms with Crippen molar-refractivity contribution in [3.8, 4) is 0 Å². The highest BCUT2D eigenvalue weighted by molar-refractivity contribution is 5.94. The summed E-state index contributed by atoms with van der Waals surface area (Å²) in [6.45, 7) is 4.90. The van der Waals surface area contributed by atoms with E-state index in [2.05, 4.69) is 11.9 Å². The van der Waals surface area contributed by atoms with Crippen LogP contribution in [0, 0.1) is 0 Å². The lowest BCUT2D eigenvalue weighted by Gasteiger charge is -2.25. The van der Waals surface area contributed by atoms with Gasteiger partial charge in [-0.3, -0.25) is 9.59 Å². The van der Waals surface area contributed by atoms with Crippen LogP contribution in [0.15, 0.2) is 12.2 Å². The second-order valence-corrected chi connectivity index (χ2v) is 4.38. The van der Waals surface area contributed by atoms with E-state index in [1.807, 2.05) is 0 Å². The number of aliphatic hydroxyl groups is 1. The molecule has 1 aliphatic rings. The van der Waals surface area contributed by atoms with Crippen molar-refractivity contribution in [2.45, 2.75) is 44.8 Å². The first-order valence-corrected chi connectivity index (χ1v) is 5.80. The Morgan fingerprint density at radius 2 is 1.94 bits per heavy atom. The fourth-order valence-corrected chi connectivity index (χ4v) is 1.69. The van der Waals surface area contributed by atoms with Crippen molar-refractivity contribution in [3.63, 3.8) is 0 Å². The maximum atomic E-state index is 11.4. The third-order valence-electron chi connectivity index (χ3n) is 2.72. The quantitative estimate of drug-likeness (QED) is 0.556. The molecule has 17 heavy (non-hydrogen) atoms. The Morgan fingerprint density at radius 1 is 1.35 bits per heavy atom. The minimum Gasteiger partial charge on any atom is -0.461 e. The molecule has 0 heterocycles. The molecule has 2 N–H and O–H groups in total. The van der Waals surface area contributed by atoms with Gasteiger partial charge in [0.25, 0.3) is 0 Å². The Morgan fingerprint density at radius 3 is 2.47 bits per heavy atom. The topological polar surface area (TPSA) is 75.6 Å². The van der Waals surface area contributed by atoms with E-state index in [1.165, 1.54) is 0 Å². The van der Waals surface area contributed by atoms with Gasteiger partial charge in [0.1, 0.15) is 12.6 Å². The normalized spacial score (nSPS) is 23.9. The highest BCUT2D eigenvalue weighted by Crippen LogP contribution is 2.20. The minimum absolute atomic E-state index is 0.132. The number of esters is 1. The number of hydrogen-bond donors (Lipinski definition) is 2. The van der Waals surface area contributed by atoms with Crippen LogP contribution in [-0.2, 0) is 14.3 Å². The van der Waals surface area contributed by atoms with Crippen LogP contribution < -0.4 is 5.32 Å². The summed E-state index contributed by atoms with van der Waals surface area (Å²) in [6.07, 6.45) is 2.29. The molecule has 0 unspecified atom stereocenters. The molecule has 5 heteroatoms. The van der Waals surface area contributed by atoms with Gasteiger partial charge in [0.2, 0.25) is 5.91 Å². The molecular formula is C12H19NO4. The average molecular weight is 241 g/mol. The molecule has 0 atom stereocenters. The van der Waals surface area contributed by atoms with E-state index < -0.39 is 5.97 Å². The monoisotopic (exact) mass is 241 g/mol. The van der Waals surface area contributed by atoms with Crippen molar-refractivity contribution in [1.82, 2.24) is 5.32 Å². The maximum Gasteiger partial charge on any atom is 0.325 e. The van der Waals surface area contributed by atoms with E-state index in [-0.39, 0.29) is 24.7 Å². The number of nitrogens with one attached hydrogen (secondary N) is 1. The lowest BCUT2D eigenvalue weighted by Crippen LogP contribution is -2.34. The molecule has 0 aliphatic heterocycles. The fraction of sp³-hybridized carbons (Fsp3) is 0.667. The van der Waals surface area contributed by atoms with Crippen molar-refractivity contribution in [1.29, 1.82) is 0 Å². The smallest absolute Gasteiger partial charge is 0.325 e. The van der Waals surface area contributed by atoms with Gasteiger partial charge in [0.15, 0.2) is 0 Å². The van der Waals surface area contributed by atoms with Crippen LogP contribution in [0.5, 0.6) is 0 Å². The largest absolute Gasteiger partial charge is 0.461 e. The number of ether oxygens (including phenoxy) is 1. The van der Waals surface area contributed by atoms with Gasteiger partial charge in [-0.05, 0) is 32.6 Å². The van der Waals surface area contributed by atoms with E-state index in [1.54, 1.807) is 6.92 Å². The standard InChI is InChI=1S/C12H19NO4/c1-8(2)12(16)13-7-11(15)17-10-5-3-9(14)4-6-10/h9-10,14H,1,3-7H2,2H3,(H,13,16). The number of rotatable bonds is 4. The van der Waals surface area contributed by atoms with Crippen molar-refractivity contribution < 1.29 is 19.4 Å². The molecule has 0 saturated heterocycles. The van der Waals surface area contributed by atoms with Gasteiger partial charge < -0.3 is 15.2 Å². The van der Waals surface area contributed by atoms with E-state index in [4.69, 9.17) is 4.74 Å². The summed E-state index contributed by atoms with van der Waals surface area (Å²) in [6, 6.07) is 0. The van der Waals surface area contributed by atoms with Gasteiger partial charge in [0.05, 0.1) is 6.10 Å². The summed E-state index contributed by atoms with van der Waals surface area (Å²) in [5.74, 6) is -0.790. The zero-order valence-electron chi connectivity index (χ0n) is 10.1. The maximum absolute atomic E-state index is 11.4. The Bertz CT molecular complexity index is 306. The number of carbonyl (C=O) groups is 2. The Kier molecular flexibility index (Phi) is 5.15. The van der Waals surface area contributed by atoms with Gasteiger partial charge >= 0.3 is 5.97 Å². The molecule has 1 fully saturated rings. The van der Waals surface area contributed by atoms with Crippen LogP contribution >= 0.6 is 0 Å². The first kappa shape index (κ1) is 13.7. The third kappa shape index (κ3) is 4.99. The molecule has 96 valence electrons. The molecule has 0 aromatic rings. The van der Waals surface area contributed by atoms with Gasteiger partial charge in [0, 0.05) is 5.57 Å². The van der Waals surface area contributed by atoms with E-state index in [0.717, 1.165) is 0 Å². The van der Waals surface area contributed by atoms with Crippen LogP contribution in [-0.4, -0.2) is 35.7 Å². The summed E-state index contributed by atoms with van der Waals surface area (Å²) in [5, 5.41) is 11.7. The molecule has 1 aliphatic carbocycles. The Hall–Kier alpha value is -1.36. The van der Waals surface area contributed by atoms with Crippen molar-refractivity contribution in [3.05, 3.63) is 12.2 Å². The minimum atomic E-state index is -0.444. The van der Waals surface area contributed by atoms with E-state index in [9.17, 15) is 14.7 Å². The molecule has 0 spiro atoms. The second-order valence-electron chi connectivity index (χ2n) is 4.38. The van der Waals surface area contributed by atoms with Crippen molar-refractivity contribution in [2.75, 3.05) is 6.54 Å². The van der Waals surface area contributed by atoms with E-state index >= 15 is 0 Å². The molecule has 5 nitrogen and oxygen atoms in total. The fourth-order valence-electron chi connectivity index (χ4n) is 1.69. The van der Waals surface area contributed by atoms with Crippen LogP contribution in [0.2, 0.25) is 0 Å². The summed E-state index contributed by atoms with van der Waals surface area (Å²) < 4.78 is 5.18. The molecule has 1 saturated carbocycles. The zero-order chi connectivity index (χ0) is 12.8. The lowest BCUT2D eigenvalue weighted by molar-refractivity contribution is -0.151. The Labute approximate surface area is 101 Å². The zero-order valence-corrected chi connectivity index (χ0v) is 10.1. The SMILES string of the molecule is C=C(C)C(=O)NCC(=O)OC1CCC(O)CC1. The molecule has 0 bridgehead atoms. The number of hydrogen-bond acceptors (Lipinski definition) is 4. The van der Waals surface area contributed by atoms with Crippen LogP contribution in [0.3, 0.4) is 0 Å². The Balaban J connectivity index is 2.21. The average Bonchev–Trinajstić information content (AvgIpc) is 2.29. The summed E-state index contributed by atoms with van der Waals surface area (Å²) in [7, 11) is 0. The van der Waals surface area contributed by atoms with Gasteiger partial charge in [-0.15, -0.1) is 0 Å². The van der Waals surface area contributed by atoms with Crippen LogP contribution in [0.4, 0.5) is 0 Å². The number of aliphatic hydroxyl groups excluding tert-OH is 1. The molecule has 1 amide bonds. The van der Waals surface area contributed by atoms with Crippen molar-refractivity contribution >= 4 is 11.9 Å². The predicted octanol–water partition coefficient (Wildman–Crippen LogP) is 0.525. The predicted molar refractivity (Wildman–Crippen MR) is 62.2 cm³/mol. The third-order valence-corrected chi connectivity index (χ3v) is 2.72. The summed E-state index contributed by atoms with van der Waals surface area (Å²) in [5.41, 5.74) is 0.360. The number of amides is 1. The van der Waals surface area contributed by atoms with E-state index in [0.29, 0.717) is 31.3 Å². The molecule has 0 aromatic heterocycles. The summed E-state index contributed by atoms with van der Waals surface area (Å²) in [4.78, 5) is 22.5. The van der Waals surface area contributed by atoms with Gasteiger partial charge in [-0.2, -0.15) is 0 Å². The molecule has 0 radical (unpaired) electrons. The van der Waals surface area contributed by atoms with Gasteiger partial charge in [-0.25, -0.2) is 0 Å². The number of carbonyl (C=O) groups excluding carboxylic acids is 2.